The van der Waals surface area contributed by atoms with Gasteiger partial charge in [0.2, 0.25) is 0 Å². The number of hydrogen-bond donors (Lipinski definition) is 0. The number of hydrogen-bond acceptors (Lipinski definition) is 2. The highest BCUT2D eigenvalue weighted by atomic mass is 15.3. The first-order valence-electron chi connectivity index (χ1n) is 8.80. The molecule has 0 aromatic carbocycles. The first-order chi connectivity index (χ1) is 9.93. The first kappa shape index (κ1) is 13.8. The molecule has 2 unspecified atom stereocenters. The molecule has 0 N–H and O–H groups in total. The van der Waals surface area contributed by atoms with E-state index in [9.17, 15) is 0 Å². The van der Waals surface area contributed by atoms with Crippen molar-refractivity contribution in [3.63, 3.8) is 0 Å². The Labute approximate surface area is 128 Å². The lowest BCUT2D eigenvalue weighted by Gasteiger charge is -2.65. The van der Waals surface area contributed by atoms with E-state index in [-0.39, 0.29) is 0 Å². The Morgan fingerprint density at radius 3 is 2.48 bits per heavy atom. The van der Waals surface area contributed by atoms with Crippen molar-refractivity contribution >= 4 is 0 Å². The summed E-state index contributed by atoms with van der Waals surface area (Å²) in [5.74, 6) is 2.21. The predicted octanol–water partition coefficient (Wildman–Crippen LogP) is 4.23. The fourth-order valence-electron chi connectivity index (χ4n) is 7.06. The molecule has 116 valence electrons. The lowest BCUT2D eigenvalue weighted by atomic mass is 9.40. The van der Waals surface area contributed by atoms with Crippen LogP contribution < -0.4 is 0 Å². The van der Waals surface area contributed by atoms with Gasteiger partial charge in [-0.2, -0.15) is 0 Å². The number of aromatic nitrogens is 3. The lowest BCUT2D eigenvalue weighted by molar-refractivity contribution is -0.145. The first-order valence-corrected chi connectivity index (χ1v) is 8.80. The molecule has 4 aliphatic carbocycles. The van der Waals surface area contributed by atoms with E-state index in [1.807, 2.05) is 6.33 Å². The van der Waals surface area contributed by atoms with Crippen LogP contribution in [0.25, 0.3) is 0 Å². The van der Waals surface area contributed by atoms with Crippen LogP contribution in [0, 0.1) is 22.2 Å². The van der Waals surface area contributed by atoms with Crippen molar-refractivity contribution in [2.45, 2.75) is 78.7 Å². The minimum Gasteiger partial charge on any atom is -0.318 e. The Bertz CT molecular complexity index is 528. The van der Waals surface area contributed by atoms with Crippen LogP contribution in [0.5, 0.6) is 0 Å². The van der Waals surface area contributed by atoms with Gasteiger partial charge in [-0.1, -0.05) is 20.8 Å². The van der Waals surface area contributed by atoms with Crippen LogP contribution in [0.2, 0.25) is 0 Å². The maximum absolute atomic E-state index is 4.47. The molecule has 4 fully saturated rings. The molecule has 3 heteroatoms. The zero-order chi connectivity index (χ0) is 14.7. The summed E-state index contributed by atoms with van der Waals surface area (Å²) in [7, 11) is 0. The van der Waals surface area contributed by atoms with Crippen molar-refractivity contribution in [3.8, 4) is 0 Å². The topological polar surface area (TPSA) is 30.7 Å². The average molecular weight is 287 g/mol. The molecule has 0 aliphatic heterocycles. The van der Waals surface area contributed by atoms with Crippen LogP contribution in [-0.2, 0) is 13.0 Å². The highest BCUT2D eigenvalue weighted by molar-refractivity contribution is 5.12. The fourth-order valence-corrected chi connectivity index (χ4v) is 7.06. The van der Waals surface area contributed by atoms with Crippen molar-refractivity contribution in [2.75, 3.05) is 0 Å². The van der Waals surface area contributed by atoms with E-state index in [0.717, 1.165) is 25.3 Å². The molecule has 21 heavy (non-hydrogen) atoms. The molecule has 0 spiro atoms. The summed E-state index contributed by atoms with van der Waals surface area (Å²) >= 11 is 0. The fraction of sp³-hybridized carbons (Fsp3) is 0.889. The number of nitrogens with zero attached hydrogens (tertiary/aromatic N) is 3. The van der Waals surface area contributed by atoms with E-state index in [1.54, 1.807) is 0 Å². The maximum atomic E-state index is 4.47. The minimum atomic E-state index is 0.515. The monoisotopic (exact) mass is 287 g/mol. The third kappa shape index (κ3) is 2.24. The Kier molecular flexibility index (Phi) is 2.84. The summed E-state index contributed by atoms with van der Waals surface area (Å²) in [6.45, 7) is 8.41. The molecule has 0 amide bonds. The van der Waals surface area contributed by atoms with Gasteiger partial charge in [-0.3, -0.25) is 0 Å². The molecular formula is C18H29N3. The van der Waals surface area contributed by atoms with Crippen molar-refractivity contribution in [1.29, 1.82) is 0 Å². The summed E-state index contributed by atoms with van der Waals surface area (Å²) in [5, 5.41) is 8.66. The van der Waals surface area contributed by atoms with E-state index >= 15 is 0 Å². The summed E-state index contributed by atoms with van der Waals surface area (Å²) in [5.41, 5.74) is 1.72. The number of rotatable bonds is 4. The Hall–Kier alpha value is -0.860. The molecule has 1 aromatic rings. The van der Waals surface area contributed by atoms with Crippen molar-refractivity contribution in [3.05, 3.63) is 12.2 Å². The van der Waals surface area contributed by atoms with Gasteiger partial charge in [0, 0.05) is 13.0 Å². The SMILES string of the molecule is CCCn1cnnc1CC12CC3CC(C)(CC(C)(C3)C1)C2. The molecular weight excluding hydrogens is 258 g/mol. The molecule has 1 heterocycles. The number of aryl methyl sites for hydroxylation is 1. The lowest BCUT2D eigenvalue weighted by Crippen LogP contribution is -2.55. The normalized spacial score (nSPS) is 44.4. The molecule has 2 atom stereocenters. The minimum absolute atomic E-state index is 0.515. The molecule has 3 nitrogen and oxygen atoms in total. The molecule has 4 aliphatic rings. The van der Waals surface area contributed by atoms with Gasteiger partial charge in [0.15, 0.2) is 0 Å². The van der Waals surface area contributed by atoms with Crippen LogP contribution in [0.15, 0.2) is 6.33 Å². The Balaban J connectivity index is 1.63. The van der Waals surface area contributed by atoms with Crippen molar-refractivity contribution < 1.29 is 0 Å². The van der Waals surface area contributed by atoms with Crippen LogP contribution in [0.3, 0.4) is 0 Å². The van der Waals surface area contributed by atoms with Crippen LogP contribution in [0.1, 0.15) is 71.5 Å². The van der Waals surface area contributed by atoms with Gasteiger partial charge in [-0.15, -0.1) is 10.2 Å². The van der Waals surface area contributed by atoms with E-state index in [0.29, 0.717) is 16.2 Å². The average Bonchev–Trinajstić information content (AvgIpc) is 2.71. The van der Waals surface area contributed by atoms with Gasteiger partial charge in [0.05, 0.1) is 0 Å². The van der Waals surface area contributed by atoms with Gasteiger partial charge >= 0.3 is 0 Å². The molecule has 4 bridgehead atoms. The third-order valence-corrected chi connectivity index (χ3v) is 6.44. The van der Waals surface area contributed by atoms with Crippen molar-refractivity contribution in [1.82, 2.24) is 14.8 Å². The van der Waals surface area contributed by atoms with Gasteiger partial charge in [-0.05, 0) is 67.1 Å². The highest BCUT2D eigenvalue weighted by Gasteiger charge is 2.60. The summed E-state index contributed by atoms with van der Waals surface area (Å²) in [6, 6.07) is 0. The van der Waals surface area contributed by atoms with Gasteiger partial charge in [0.25, 0.3) is 0 Å². The molecule has 0 saturated heterocycles. The molecule has 4 saturated carbocycles. The van der Waals surface area contributed by atoms with E-state index < -0.39 is 0 Å². The second kappa shape index (κ2) is 4.33. The highest BCUT2D eigenvalue weighted by Crippen LogP contribution is 2.70. The second-order valence-corrected chi connectivity index (χ2v) is 9.25. The standard InChI is InChI=1S/C18H29N3/c1-4-5-21-13-19-20-15(21)9-18-8-14-6-16(2,11-18)10-17(3,7-14)12-18/h13-14H,4-12H2,1-3H3. The third-order valence-electron chi connectivity index (χ3n) is 6.44. The van der Waals surface area contributed by atoms with E-state index in [2.05, 4.69) is 35.5 Å². The smallest absolute Gasteiger partial charge is 0.133 e. The van der Waals surface area contributed by atoms with E-state index in [4.69, 9.17) is 0 Å². The maximum Gasteiger partial charge on any atom is 0.133 e. The van der Waals surface area contributed by atoms with E-state index in [1.165, 1.54) is 44.3 Å². The zero-order valence-electron chi connectivity index (χ0n) is 13.9. The quantitative estimate of drug-likeness (QED) is 0.830. The zero-order valence-corrected chi connectivity index (χ0v) is 13.9. The second-order valence-electron chi connectivity index (χ2n) is 9.25. The predicted molar refractivity (Wildman–Crippen MR) is 83.9 cm³/mol. The summed E-state index contributed by atoms with van der Waals surface area (Å²) in [4.78, 5) is 0. The molecule has 1 aromatic heterocycles. The van der Waals surface area contributed by atoms with Gasteiger partial charge in [0.1, 0.15) is 12.2 Å². The molecule has 5 rings (SSSR count). The Morgan fingerprint density at radius 2 is 1.86 bits per heavy atom. The van der Waals surface area contributed by atoms with Crippen LogP contribution in [-0.4, -0.2) is 14.8 Å². The van der Waals surface area contributed by atoms with Gasteiger partial charge in [-0.25, -0.2) is 0 Å². The van der Waals surface area contributed by atoms with Crippen LogP contribution in [0.4, 0.5) is 0 Å². The Morgan fingerprint density at radius 1 is 1.14 bits per heavy atom. The summed E-state index contributed by atoms with van der Waals surface area (Å²) in [6.07, 6.45) is 13.0. The largest absolute Gasteiger partial charge is 0.318 e. The summed E-state index contributed by atoms with van der Waals surface area (Å²) < 4.78 is 2.29. The molecule has 0 radical (unpaired) electrons. The van der Waals surface area contributed by atoms with Crippen molar-refractivity contribution in [2.24, 2.45) is 22.2 Å². The van der Waals surface area contributed by atoms with Gasteiger partial charge < -0.3 is 4.57 Å². The van der Waals surface area contributed by atoms with Crippen LogP contribution >= 0.6 is 0 Å².